The van der Waals surface area contributed by atoms with Gasteiger partial charge in [0.15, 0.2) is 0 Å². The third-order valence-corrected chi connectivity index (χ3v) is 4.49. The lowest BCUT2D eigenvalue weighted by Gasteiger charge is -2.34. The summed E-state index contributed by atoms with van der Waals surface area (Å²) in [6.07, 6.45) is 1.79. The van der Waals surface area contributed by atoms with Gasteiger partial charge in [-0.05, 0) is 24.5 Å². The average molecular weight is 237 g/mol. The summed E-state index contributed by atoms with van der Waals surface area (Å²) in [6, 6.07) is 5.26. The van der Waals surface area contributed by atoms with Crippen LogP contribution in [0.1, 0.15) is 12.0 Å². The number of hydrogen-bond acceptors (Lipinski definition) is 4. The molecule has 0 aliphatic carbocycles. The highest BCUT2D eigenvalue weighted by molar-refractivity contribution is 7.94. The summed E-state index contributed by atoms with van der Waals surface area (Å²) in [5, 5.41) is 10.7. The molecule has 5 heteroatoms. The first-order chi connectivity index (χ1) is 7.59. The fraction of sp³-hybridized carbons (Fsp3) is 0.273. The maximum absolute atomic E-state index is 11.9. The second-order valence-electron chi connectivity index (χ2n) is 4.04. The number of aliphatic hydroxyl groups excluding tert-OH is 1. The van der Waals surface area contributed by atoms with Gasteiger partial charge in [-0.2, -0.15) is 0 Å². The van der Waals surface area contributed by atoms with Crippen LogP contribution in [0.4, 0.5) is 5.69 Å². The zero-order chi connectivity index (χ0) is 11.3. The van der Waals surface area contributed by atoms with Gasteiger partial charge in [0, 0.05) is 6.54 Å². The van der Waals surface area contributed by atoms with Gasteiger partial charge in [-0.3, -0.25) is 0 Å². The van der Waals surface area contributed by atoms with Crippen LogP contribution in [0.2, 0.25) is 0 Å². The van der Waals surface area contributed by atoms with Gasteiger partial charge < -0.3 is 10.0 Å². The second-order valence-corrected chi connectivity index (χ2v) is 5.81. The molecule has 84 valence electrons. The molecule has 16 heavy (non-hydrogen) atoms. The molecule has 0 atom stereocenters. The molecule has 1 aromatic carbocycles. The Hall–Kier alpha value is -1.49. The summed E-state index contributed by atoms with van der Waals surface area (Å²) in [5.41, 5.74) is 1.65. The van der Waals surface area contributed by atoms with Gasteiger partial charge in [-0.1, -0.05) is 12.1 Å². The fourth-order valence-corrected chi connectivity index (χ4v) is 3.65. The number of anilines is 1. The van der Waals surface area contributed by atoms with Gasteiger partial charge in [-0.15, -0.1) is 0 Å². The maximum atomic E-state index is 11.9. The van der Waals surface area contributed by atoms with Crippen LogP contribution in [0, 0.1) is 0 Å². The van der Waals surface area contributed by atoms with Crippen molar-refractivity contribution in [3.63, 3.8) is 0 Å². The molecule has 2 aliphatic rings. The molecule has 0 aromatic heterocycles. The van der Waals surface area contributed by atoms with Crippen LogP contribution in [0.15, 0.2) is 34.4 Å². The highest BCUT2D eigenvalue weighted by atomic mass is 32.2. The predicted octanol–water partition coefficient (Wildman–Crippen LogP) is 1.58. The molecule has 2 heterocycles. The number of aliphatic hydroxyl groups is 1. The van der Waals surface area contributed by atoms with Crippen molar-refractivity contribution in [1.82, 2.24) is 0 Å². The number of nitrogens with zero attached hydrogens (tertiary/aromatic N) is 1. The first-order valence-corrected chi connectivity index (χ1v) is 6.69. The highest BCUT2D eigenvalue weighted by Crippen LogP contribution is 2.39. The van der Waals surface area contributed by atoms with Crippen molar-refractivity contribution in [2.75, 3.05) is 11.4 Å². The van der Waals surface area contributed by atoms with E-state index >= 15 is 0 Å². The summed E-state index contributed by atoms with van der Waals surface area (Å²) in [7, 11) is -3.48. The first kappa shape index (κ1) is 9.72. The topological polar surface area (TPSA) is 57.6 Å². The summed E-state index contributed by atoms with van der Waals surface area (Å²) in [6.45, 7) is 0.669. The SMILES string of the molecule is O=S1(=O)C=C(O)N2CCCc3cccc1c32. The van der Waals surface area contributed by atoms with E-state index in [1.165, 1.54) is 0 Å². The summed E-state index contributed by atoms with van der Waals surface area (Å²) in [4.78, 5) is 1.98. The van der Waals surface area contributed by atoms with E-state index in [1.807, 2.05) is 6.07 Å². The largest absolute Gasteiger partial charge is 0.494 e. The number of sulfone groups is 1. The highest BCUT2D eigenvalue weighted by Gasteiger charge is 2.32. The third-order valence-electron chi connectivity index (χ3n) is 3.02. The number of para-hydroxylation sites is 1. The zero-order valence-electron chi connectivity index (χ0n) is 8.55. The van der Waals surface area contributed by atoms with E-state index in [-0.39, 0.29) is 5.88 Å². The van der Waals surface area contributed by atoms with Gasteiger partial charge in [-0.25, -0.2) is 8.42 Å². The zero-order valence-corrected chi connectivity index (χ0v) is 9.37. The monoisotopic (exact) mass is 237 g/mol. The lowest BCUT2D eigenvalue weighted by atomic mass is 10.0. The van der Waals surface area contributed by atoms with E-state index in [0.717, 1.165) is 23.8 Å². The van der Waals surface area contributed by atoms with E-state index in [2.05, 4.69) is 0 Å². The number of benzene rings is 1. The third kappa shape index (κ3) is 1.18. The molecule has 1 N–H and O–H groups in total. The molecule has 0 amide bonds. The molecule has 0 saturated heterocycles. The van der Waals surface area contributed by atoms with Crippen molar-refractivity contribution < 1.29 is 13.5 Å². The van der Waals surface area contributed by atoms with Crippen molar-refractivity contribution >= 4 is 15.5 Å². The van der Waals surface area contributed by atoms with Crippen LogP contribution in [0.3, 0.4) is 0 Å². The van der Waals surface area contributed by atoms with Gasteiger partial charge in [0.25, 0.3) is 0 Å². The molecule has 0 unspecified atom stereocenters. The molecule has 4 nitrogen and oxygen atoms in total. The van der Waals surface area contributed by atoms with E-state index in [9.17, 15) is 13.5 Å². The fourth-order valence-electron chi connectivity index (χ4n) is 2.34. The van der Waals surface area contributed by atoms with E-state index in [4.69, 9.17) is 0 Å². The molecular formula is C11H11NO3S. The van der Waals surface area contributed by atoms with Gasteiger partial charge in [0.05, 0.1) is 16.0 Å². The summed E-state index contributed by atoms with van der Waals surface area (Å²) in [5.74, 6) is -0.167. The standard InChI is InChI=1S/C11H11NO3S/c13-10-7-16(14,15)9-5-1-3-8-4-2-6-12(10)11(8)9/h1,3,5,7,13H,2,4,6H2. The number of rotatable bonds is 0. The average Bonchev–Trinajstić information content (AvgIpc) is 2.25. The van der Waals surface area contributed by atoms with Crippen molar-refractivity contribution in [3.05, 3.63) is 35.1 Å². The smallest absolute Gasteiger partial charge is 0.207 e. The molecule has 1 aromatic rings. The Morgan fingerprint density at radius 3 is 2.94 bits per heavy atom. The van der Waals surface area contributed by atoms with Crippen molar-refractivity contribution in [2.24, 2.45) is 0 Å². The lowest BCUT2D eigenvalue weighted by Crippen LogP contribution is -2.33. The molecule has 0 fully saturated rings. The molecule has 0 radical (unpaired) electrons. The Kier molecular flexibility index (Phi) is 1.83. The number of hydrogen-bond donors (Lipinski definition) is 1. The Labute approximate surface area is 93.7 Å². The molecule has 0 bridgehead atoms. The quantitative estimate of drug-likeness (QED) is 0.744. The van der Waals surface area contributed by atoms with Crippen molar-refractivity contribution in [3.8, 4) is 0 Å². The Morgan fingerprint density at radius 2 is 2.12 bits per heavy atom. The minimum Gasteiger partial charge on any atom is -0.494 e. The van der Waals surface area contributed by atoms with E-state index in [1.54, 1.807) is 17.0 Å². The van der Waals surface area contributed by atoms with Crippen LogP contribution in [0.5, 0.6) is 0 Å². The van der Waals surface area contributed by atoms with Crippen molar-refractivity contribution in [2.45, 2.75) is 17.7 Å². The molecule has 2 aliphatic heterocycles. The van der Waals surface area contributed by atoms with Gasteiger partial charge in [0.1, 0.15) is 0 Å². The molecule has 0 saturated carbocycles. The summed E-state index contributed by atoms with van der Waals surface area (Å²) >= 11 is 0. The van der Waals surface area contributed by atoms with E-state index < -0.39 is 9.84 Å². The van der Waals surface area contributed by atoms with Crippen molar-refractivity contribution in [1.29, 1.82) is 0 Å². The number of aryl methyl sites for hydroxylation is 1. The molecule has 3 rings (SSSR count). The van der Waals surface area contributed by atoms with Gasteiger partial charge >= 0.3 is 0 Å². The minimum absolute atomic E-state index is 0.167. The van der Waals surface area contributed by atoms with Gasteiger partial charge in [0.2, 0.25) is 15.7 Å². The molecular weight excluding hydrogens is 226 g/mol. The first-order valence-electron chi connectivity index (χ1n) is 5.15. The second kappa shape index (κ2) is 3.01. The lowest BCUT2D eigenvalue weighted by molar-refractivity contribution is 0.384. The predicted molar refractivity (Wildman–Crippen MR) is 60.0 cm³/mol. The summed E-state index contributed by atoms with van der Waals surface area (Å²) < 4.78 is 23.7. The van der Waals surface area contributed by atoms with Crippen LogP contribution < -0.4 is 4.90 Å². The molecule has 0 spiro atoms. The Balaban J connectivity index is 2.38. The van der Waals surface area contributed by atoms with Crippen LogP contribution >= 0.6 is 0 Å². The van der Waals surface area contributed by atoms with Crippen LogP contribution in [-0.4, -0.2) is 20.1 Å². The van der Waals surface area contributed by atoms with E-state index in [0.29, 0.717) is 17.1 Å². The normalized spacial score (nSPS) is 21.2. The minimum atomic E-state index is -3.48. The van der Waals surface area contributed by atoms with Crippen LogP contribution in [-0.2, 0) is 16.3 Å². The van der Waals surface area contributed by atoms with Crippen LogP contribution in [0.25, 0.3) is 0 Å². The Morgan fingerprint density at radius 1 is 1.31 bits per heavy atom. The Bertz CT molecular complexity index is 589. The maximum Gasteiger partial charge on any atom is 0.207 e.